The van der Waals surface area contributed by atoms with Crippen LogP contribution in [0.4, 0.5) is 4.39 Å². The molecule has 0 aromatic heterocycles. The Bertz CT molecular complexity index is 646. The second-order valence-corrected chi connectivity index (χ2v) is 6.10. The van der Waals surface area contributed by atoms with E-state index in [2.05, 4.69) is 15.9 Å². The summed E-state index contributed by atoms with van der Waals surface area (Å²) >= 11 is 15.9. The van der Waals surface area contributed by atoms with E-state index in [-0.39, 0.29) is 10.6 Å². The number of halogens is 4. The van der Waals surface area contributed by atoms with Crippen molar-refractivity contribution in [2.24, 2.45) is 0 Å². The lowest BCUT2D eigenvalue weighted by molar-refractivity contribution is 0.415. The van der Waals surface area contributed by atoms with Gasteiger partial charge in [0, 0.05) is 11.1 Å². The van der Waals surface area contributed by atoms with Gasteiger partial charge in [0.1, 0.15) is 11.6 Å². The molecule has 0 spiro atoms. The van der Waals surface area contributed by atoms with Gasteiger partial charge in [-0.25, -0.2) is 4.39 Å². The minimum atomic E-state index is -0.286. The van der Waals surface area contributed by atoms with Gasteiger partial charge in [0.15, 0.2) is 0 Å². The summed E-state index contributed by atoms with van der Waals surface area (Å²) in [6, 6.07) is 8.04. The van der Waals surface area contributed by atoms with Crippen molar-refractivity contribution >= 4 is 39.1 Å². The first-order valence-corrected chi connectivity index (χ1v) is 7.54. The van der Waals surface area contributed by atoms with Crippen LogP contribution in [0, 0.1) is 12.7 Å². The lowest BCUT2D eigenvalue weighted by Gasteiger charge is -2.16. The molecule has 0 saturated carbocycles. The zero-order chi connectivity index (χ0) is 14.9. The molecule has 5 heteroatoms. The molecular weight excluding hydrogens is 366 g/mol. The fourth-order valence-electron chi connectivity index (χ4n) is 1.95. The average Bonchev–Trinajstić information content (AvgIpc) is 2.42. The molecule has 0 fully saturated rings. The summed E-state index contributed by atoms with van der Waals surface area (Å²) < 4.78 is 18.5. The van der Waals surface area contributed by atoms with Crippen LogP contribution in [0.1, 0.15) is 21.5 Å². The van der Waals surface area contributed by atoms with Gasteiger partial charge in [0.25, 0.3) is 0 Å². The second-order valence-electron chi connectivity index (χ2n) is 4.37. The molecule has 0 aliphatic carbocycles. The Hall–Kier alpha value is -0.770. The predicted octanol–water partition coefficient (Wildman–Crippen LogP) is 5.93. The zero-order valence-corrected chi connectivity index (χ0v) is 14.0. The molecule has 1 unspecified atom stereocenters. The fraction of sp³-hybridized carbons (Fsp3) is 0.200. The van der Waals surface area contributed by atoms with Crippen molar-refractivity contribution in [3.63, 3.8) is 0 Å². The molecule has 1 nitrogen and oxygen atoms in total. The van der Waals surface area contributed by atoms with E-state index < -0.39 is 0 Å². The number of ether oxygens (including phenoxy) is 1. The number of hydrogen-bond donors (Lipinski definition) is 0. The molecule has 2 aromatic carbocycles. The molecule has 0 aliphatic rings. The van der Waals surface area contributed by atoms with Gasteiger partial charge < -0.3 is 4.74 Å². The van der Waals surface area contributed by atoms with Crippen LogP contribution in [0.25, 0.3) is 0 Å². The van der Waals surface area contributed by atoms with Crippen molar-refractivity contribution in [3.05, 3.63) is 62.9 Å². The number of methoxy groups -OCH3 is 1. The summed E-state index contributed by atoms with van der Waals surface area (Å²) in [6.45, 7) is 1.92. The monoisotopic (exact) mass is 376 g/mol. The van der Waals surface area contributed by atoms with E-state index in [0.29, 0.717) is 15.8 Å². The quantitative estimate of drug-likeness (QED) is 0.602. The summed E-state index contributed by atoms with van der Waals surface area (Å²) in [5.74, 6) is 0.224. The third kappa shape index (κ3) is 3.11. The average molecular weight is 378 g/mol. The van der Waals surface area contributed by atoms with Gasteiger partial charge >= 0.3 is 0 Å². The van der Waals surface area contributed by atoms with Crippen LogP contribution < -0.4 is 4.74 Å². The van der Waals surface area contributed by atoms with Gasteiger partial charge in [0.2, 0.25) is 0 Å². The van der Waals surface area contributed by atoms with Crippen LogP contribution in [0.3, 0.4) is 0 Å². The van der Waals surface area contributed by atoms with Crippen LogP contribution in [0.5, 0.6) is 5.75 Å². The summed E-state index contributed by atoms with van der Waals surface area (Å²) in [4.78, 5) is -0.242. The molecule has 0 bridgehead atoms. The minimum Gasteiger partial charge on any atom is -0.495 e. The van der Waals surface area contributed by atoms with Crippen molar-refractivity contribution in [2.45, 2.75) is 11.8 Å². The van der Waals surface area contributed by atoms with Gasteiger partial charge in [-0.15, -0.1) is 0 Å². The van der Waals surface area contributed by atoms with Crippen LogP contribution in [-0.2, 0) is 0 Å². The molecule has 1 atom stereocenters. The predicted molar refractivity (Wildman–Crippen MR) is 84.9 cm³/mol. The van der Waals surface area contributed by atoms with Crippen molar-refractivity contribution in [1.82, 2.24) is 0 Å². The van der Waals surface area contributed by atoms with Crippen molar-refractivity contribution < 1.29 is 9.13 Å². The molecule has 0 N–H and O–H groups in total. The van der Waals surface area contributed by atoms with Crippen molar-refractivity contribution in [2.75, 3.05) is 7.11 Å². The van der Waals surface area contributed by atoms with E-state index in [1.54, 1.807) is 18.2 Å². The third-order valence-electron chi connectivity index (χ3n) is 3.06. The molecule has 0 aliphatic heterocycles. The van der Waals surface area contributed by atoms with E-state index >= 15 is 0 Å². The first-order valence-electron chi connectivity index (χ1n) is 5.87. The van der Waals surface area contributed by atoms with Gasteiger partial charge in [-0.05, 0) is 41.8 Å². The van der Waals surface area contributed by atoms with E-state index in [0.717, 1.165) is 16.7 Å². The highest BCUT2D eigenvalue weighted by Gasteiger charge is 2.18. The Kier molecular flexibility index (Phi) is 4.95. The Labute approximate surface area is 135 Å². The Morgan fingerprint density at radius 2 is 1.80 bits per heavy atom. The lowest BCUT2D eigenvalue weighted by atomic mass is 10.00. The molecule has 106 valence electrons. The summed E-state index contributed by atoms with van der Waals surface area (Å²) in [5.41, 5.74) is 2.55. The fourth-order valence-corrected chi connectivity index (χ4v) is 3.46. The summed E-state index contributed by atoms with van der Waals surface area (Å²) in [5, 5.41) is 0.974. The maximum atomic E-state index is 13.4. The molecule has 0 saturated heterocycles. The van der Waals surface area contributed by atoms with Crippen molar-refractivity contribution in [1.29, 1.82) is 0 Å². The van der Waals surface area contributed by atoms with Crippen LogP contribution in [0.2, 0.25) is 10.0 Å². The first kappa shape index (κ1) is 15.6. The summed E-state index contributed by atoms with van der Waals surface area (Å²) in [6.07, 6.45) is 0. The highest BCUT2D eigenvalue weighted by molar-refractivity contribution is 9.09. The first-order chi connectivity index (χ1) is 9.43. The molecule has 0 radical (unpaired) electrons. The van der Waals surface area contributed by atoms with Crippen LogP contribution in [0.15, 0.2) is 30.3 Å². The molecule has 0 amide bonds. The number of alkyl halides is 1. The highest BCUT2D eigenvalue weighted by atomic mass is 79.9. The van der Waals surface area contributed by atoms with Gasteiger partial charge in [-0.3, -0.25) is 0 Å². The van der Waals surface area contributed by atoms with E-state index in [1.807, 2.05) is 6.92 Å². The standard InChI is InChI=1S/C15H12BrCl2FO/c1-8-3-4-9(19)5-10(8)15(16)11-6-13(18)14(20-2)7-12(11)17/h3-7,15H,1-2H3. The normalized spacial score (nSPS) is 12.3. The van der Waals surface area contributed by atoms with Gasteiger partial charge in [-0.1, -0.05) is 45.2 Å². The Morgan fingerprint density at radius 1 is 1.10 bits per heavy atom. The lowest BCUT2D eigenvalue weighted by Crippen LogP contribution is -1.99. The molecule has 2 aromatic rings. The summed E-state index contributed by atoms with van der Waals surface area (Å²) in [7, 11) is 1.53. The number of aryl methyl sites for hydroxylation is 1. The second kappa shape index (κ2) is 6.33. The van der Waals surface area contributed by atoms with Crippen LogP contribution in [-0.4, -0.2) is 7.11 Å². The topological polar surface area (TPSA) is 9.23 Å². The molecule has 20 heavy (non-hydrogen) atoms. The van der Waals surface area contributed by atoms with E-state index in [4.69, 9.17) is 27.9 Å². The van der Waals surface area contributed by atoms with Gasteiger partial charge in [0.05, 0.1) is 17.0 Å². The molecule has 2 rings (SSSR count). The SMILES string of the molecule is COc1cc(Cl)c(C(Br)c2cc(F)ccc2C)cc1Cl. The van der Waals surface area contributed by atoms with E-state index in [1.165, 1.54) is 19.2 Å². The highest BCUT2D eigenvalue weighted by Crippen LogP contribution is 2.41. The maximum Gasteiger partial charge on any atom is 0.138 e. The number of benzene rings is 2. The third-order valence-corrected chi connectivity index (χ3v) is 4.67. The largest absolute Gasteiger partial charge is 0.495 e. The Balaban J connectivity index is 2.50. The van der Waals surface area contributed by atoms with E-state index in [9.17, 15) is 4.39 Å². The zero-order valence-electron chi connectivity index (χ0n) is 10.9. The smallest absolute Gasteiger partial charge is 0.138 e. The number of rotatable bonds is 3. The van der Waals surface area contributed by atoms with Crippen molar-refractivity contribution in [3.8, 4) is 5.75 Å². The molecule has 0 heterocycles. The van der Waals surface area contributed by atoms with Gasteiger partial charge in [-0.2, -0.15) is 0 Å². The van der Waals surface area contributed by atoms with Crippen LogP contribution >= 0.6 is 39.1 Å². The Morgan fingerprint density at radius 3 is 2.45 bits per heavy atom. The number of hydrogen-bond acceptors (Lipinski definition) is 1. The maximum absolute atomic E-state index is 13.4. The minimum absolute atomic E-state index is 0.242. The molecular formula is C15H12BrCl2FO.